The zero-order valence-electron chi connectivity index (χ0n) is 24.3. The van der Waals surface area contributed by atoms with Gasteiger partial charge in [0.25, 0.3) is 5.91 Å². The van der Waals surface area contributed by atoms with Crippen LogP contribution < -0.4 is 15.4 Å². The van der Waals surface area contributed by atoms with Crippen LogP contribution in [0.4, 0.5) is 16.0 Å². The minimum absolute atomic E-state index is 0.0590. The van der Waals surface area contributed by atoms with Crippen LogP contribution in [0.15, 0.2) is 18.5 Å². The third-order valence-corrected chi connectivity index (χ3v) is 8.83. The molecule has 1 unspecified atom stereocenters. The van der Waals surface area contributed by atoms with E-state index in [0.717, 1.165) is 29.8 Å². The predicted octanol–water partition coefficient (Wildman–Crippen LogP) is 3.06. The van der Waals surface area contributed by atoms with Crippen molar-refractivity contribution in [1.82, 2.24) is 29.7 Å². The lowest BCUT2D eigenvalue weighted by Gasteiger charge is -2.41. The maximum absolute atomic E-state index is 13.8. The van der Waals surface area contributed by atoms with Gasteiger partial charge in [0.05, 0.1) is 34.9 Å². The van der Waals surface area contributed by atoms with E-state index in [0.29, 0.717) is 73.6 Å². The number of carbonyl (C=O) groups excluding carboxylic acids is 1. The summed E-state index contributed by atoms with van der Waals surface area (Å²) in [5, 5.41) is 10.0. The molecule has 2 saturated heterocycles. The molecule has 3 aliphatic heterocycles. The molecular formula is C29H37ClFN9O2. The Bertz CT molecular complexity index is 1420. The van der Waals surface area contributed by atoms with Gasteiger partial charge < -0.3 is 20.3 Å². The van der Waals surface area contributed by atoms with Gasteiger partial charge in [-0.2, -0.15) is 15.2 Å². The molecule has 224 valence electrons. The summed E-state index contributed by atoms with van der Waals surface area (Å²) in [6.07, 6.45) is 1.10. The number of carbonyl (C=O) groups is 1. The number of nitrogens with zero attached hydrogens (tertiary/aromatic N) is 8. The van der Waals surface area contributed by atoms with Crippen LogP contribution in [0.25, 0.3) is 0 Å². The zero-order valence-corrected chi connectivity index (χ0v) is 25.1. The Labute approximate surface area is 250 Å². The monoisotopic (exact) mass is 597 g/mol. The van der Waals surface area contributed by atoms with E-state index in [4.69, 9.17) is 32.0 Å². The summed E-state index contributed by atoms with van der Waals surface area (Å²) < 4.78 is 20.0. The van der Waals surface area contributed by atoms with Crippen molar-refractivity contribution < 1.29 is 13.9 Å². The number of likely N-dealkylation sites (N-methyl/N-ethyl adjacent to an activating group) is 1. The van der Waals surface area contributed by atoms with Gasteiger partial charge >= 0.3 is 6.01 Å². The van der Waals surface area contributed by atoms with Crippen LogP contribution >= 0.6 is 11.6 Å². The fourth-order valence-corrected chi connectivity index (χ4v) is 6.42. The van der Waals surface area contributed by atoms with Gasteiger partial charge in [-0.25, -0.2) is 9.37 Å². The highest BCUT2D eigenvalue weighted by Gasteiger charge is 2.36. The number of nitriles is 1. The van der Waals surface area contributed by atoms with E-state index in [2.05, 4.69) is 41.4 Å². The Kier molecular flexibility index (Phi) is 8.82. The van der Waals surface area contributed by atoms with E-state index in [1.54, 1.807) is 6.07 Å². The number of rotatable bonds is 8. The fourth-order valence-electron chi connectivity index (χ4n) is 6.26. The maximum atomic E-state index is 13.8. The van der Waals surface area contributed by atoms with Crippen LogP contribution in [-0.4, -0.2) is 87.5 Å². The lowest BCUT2D eigenvalue weighted by molar-refractivity contribution is -0.131. The number of aromatic nitrogens is 3. The van der Waals surface area contributed by atoms with Crippen LogP contribution in [0.5, 0.6) is 6.01 Å². The number of aryl methyl sites for hydroxylation is 1. The molecule has 42 heavy (non-hydrogen) atoms. The molecule has 2 N–H and O–H groups in total. The van der Waals surface area contributed by atoms with Crippen molar-refractivity contribution >= 4 is 29.1 Å². The molecule has 3 aliphatic rings. The second-order valence-corrected chi connectivity index (χ2v) is 12.0. The fraction of sp³-hybridized carbons (Fsp3) is 0.552. The molecule has 0 aromatic carbocycles. The molecule has 2 aromatic heterocycles. The molecule has 13 heteroatoms. The molecule has 2 aromatic rings. The van der Waals surface area contributed by atoms with Crippen molar-refractivity contribution in [2.75, 3.05) is 50.5 Å². The van der Waals surface area contributed by atoms with Crippen molar-refractivity contribution in [3.63, 3.8) is 0 Å². The SMILES string of the molecule is C=C(F)C(=O)N1CCN(c2nc(OC[C@@H]3CC(C)CN3C)nc3c2CN(Cc2nc(N)cc(C)c2Cl)C3)C[C@@H]1CC#N. The van der Waals surface area contributed by atoms with Crippen molar-refractivity contribution in [2.45, 2.75) is 58.4 Å². The lowest BCUT2D eigenvalue weighted by atomic mass is 10.1. The van der Waals surface area contributed by atoms with Gasteiger partial charge in [-0.05, 0) is 37.9 Å². The standard InChI is InChI=1S/C29H37ClFN9O2/c1-17-9-21(37(4)11-17)16-42-29-35-23-14-38(15-24-26(30)18(2)10-25(33)34-24)13-22(23)27(36-29)39-7-8-40(28(41)19(3)31)20(12-39)5-6-32/h10,17,20-21H,3,5,7-9,11-16H2,1-2,4H3,(H2,33,34)/t17?,20-,21-/m0/s1. The number of nitrogens with two attached hydrogens (primary N) is 1. The number of hydrogen-bond acceptors (Lipinski definition) is 10. The van der Waals surface area contributed by atoms with Crippen LogP contribution in [0.1, 0.15) is 42.3 Å². The van der Waals surface area contributed by atoms with Gasteiger partial charge in [-0.15, -0.1) is 0 Å². The van der Waals surface area contributed by atoms with Crippen LogP contribution in [0, 0.1) is 24.2 Å². The number of fused-ring (bicyclic) bond motifs is 1. The first-order valence-corrected chi connectivity index (χ1v) is 14.6. The van der Waals surface area contributed by atoms with Crippen molar-refractivity contribution in [2.24, 2.45) is 5.92 Å². The summed E-state index contributed by atoms with van der Waals surface area (Å²) in [5.41, 5.74) is 9.34. The zero-order chi connectivity index (χ0) is 30.1. The van der Waals surface area contributed by atoms with Crippen LogP contribution in [0.2, 0.25) is 5.02 Å². The Morgan fingerprint density at radius 1 is 1.26 bits per heavy atom. The number of nitrogen functional groups attached to an aromatic ring is 1. The Hall–Kier alpha value is -3.53. The Morgan fingerprint density at radius 3 is 2.74 bits per heavy atom. The van der Waals surface area contributed by atoms with E-state index < -0.39 is 17.8 Å². The molecular weight excluding hydrogens is 561 g/mol. The largest absolute Gasteiger partial charge is 0.462 e. The highest BCUT2D eigenvalue weighted by atomic mass is 35.5. The summed E-state index contributed by atoms with van der Waals surface area (Å²) in [6, 6.07) is 3.94. The number of piperazine rings is 1. The normalized spacial score (nSPS) is 22.7. The van der Waals surface area contributed by atoms with Crippen molar-refractivity contribution in [1.29, 1.82) is 5.26 Å². The summed E-state index contributed by atoms with van der Waals surface area (Å²) >= 11 is 6.57. The van der Waals surface area contributed by atoms with Gasteiger partial charge in [0, 0.05) is 57.4 Å². The molecule has 0 saturated carbocycles. The average molecular weight is 598 g/mol. The summed E-state index contributed by atoms with van der Waals surface area (Å²) in [6.45, 7) is 11.3. The Balaban J connectivity index is 1.42. The Morgan fingerprint density at radius 2 is 2.05 bits per heavy atom. The minimum atomic E-state index is -1.03. The second-order valence-electron chi connectivity index (χ2n) is 11.6. The number of amides is 1. The molecule has 0 bridgehead atoms. The van der Waals surface area contributed by atoms with Crippen LogP contribution in [0.3, 0.4) is 0 Å². The first kappa shape index (κ1) is 29.9. The maximum Gasteiger partial charge on any atom is 0.318 e. The molecule has 11 nitrogen and oxygen atoms in total. The number of likely N-dealkylation sites (tertiary alicyclic amines) is 1. The number of pyridine rings is 1. The number of hydrogen-bond donors (Lipinski definition) is 1. The van der Waals surface area contributed by atoms with E-state index in [1.807, 2.05) is 11.8 Å². The van der Waals surface area contributed by atoms with Gasteiger partial charge in [-0.1, -0.05) is 25.1 Å². The molecule has 5 heterocycles. The molecule has 0 spiro atoms. The van der Waals surface area contributed by atoms with E-state index in [9.17, 15) is 14.4 Å². The van der Waals surface area contributed by atoms with Gasteiger partial charge in [-0.3, -0.25) is 14.6 Å². The quantitative estimate of drug-likeness (QED) is 0.453. The average Bonchev–Trinajstić information content (AvgIpc) is 3.50. The third kappa shape index (κ3) is 6.28. The second kappa shape index (κ2) is 12.4. The van der Waals surface area contributed by atoms with Gasteiger partial charge in [0.2, 0.25) is 0 Å². The van der Waals surface area contributed by atoms with Crippen molar-refractivity contribution in [3.05, 3.63) is 46.0 Å². The number of halogens is 2. The first-order chi connectivity index (χ1) is 20.0. The third-order valence-electron chi connectivity index (χ3n) is 8.31. The predicted molar refractivity (Wildman–Crippen MR) is 157 cm³/mol. The van der Waals surface area contributed by atoms with Crippen LogP contribution in [-0.2, 0) is 24.4 Å². The highest BCUT2D eigenvalue weighted by Crippen LogP contribution is 2.35. The highest BCUT2D eigenvalue weighted by molar-refractivity contribution is 6.32. The molecule has 0 aliphatic carbocycles. The van der Waals surface area contributed by atoms with Crippen molar-refractivity contribution in [3.8, 4) is 12.1 Å². The molecule has 5 rings (SSSR count). The molecule has 1 amide bonds. The molecule has 3 atom stereocenters. The van der Waals surface area contributed by atoms with Gasteiger partial charge in [0.1, 0.15) is 18.2 Å². The van der Waals surface area contributed by atoms with E-state index in [-0.39, 0.29) is 19.0 Å². The topological polar surface area (TPSA) is 128 Å². The summed E-state index contributed by atoms with van der Waals surface area (Å²) in [5.74, 6) is -0.104. The molecule has 0 radical (unpaired) electrons. The minimum Gasteiger partial charge on any atom is -0.462 e. The molecule has 2 fully saturated rings. The van der Waals surface area contributed by atoms with E-state index >= 15 is 0 Å². The summed E-state index contributed by atoms with van der Waals surface area (Å²) in [7, 11) is 2.10. The van der Waals surface area contributed by atoms with Gasteiger partial charge in [0.15, 0.2) is 5.83 Å². The smallest absolute Gasteiger partial charge is 0.318 e. The summed E-state index contributed by atoms with van der Waals surface area (Å²) in [4.78, 5) is 34.5. The number of anilines is 2. The number of ether oxygens (including phenoxy) is 1. The lowest BCUT2D eigenvalue weighted by Crippen LogP contribution is -2.55. The first-order valence-electron chi connectivity index (χ1n) is 14.2. The van der Waals surface area contributed by atoms with E-state index in [1.165, 1.54) is 4.90 Å².